The molecule has 0 radical (unpaired) electrons. The zero-order valence-corrected chi connectivity index (χ0v) is 11.6. The van der Waals surface area contributed by atoms with Gasteiger partial charge in [0, 0.05) is 18.6 Å². The molecular weight excluding hydrogens is 284 g/mol. The summed E-state index contributed by atoms with van der Waals surface area (Å²) < 4.78 is 5.27. The van der Waals surface area contributed by atoms with Crippen molar-refractivity contribution in [3.63, 3.8) is 0 Å². The number of pyridine rings is 2. The smallest absolute Gasteiger partial charge is 0.292 e. The van der Waals surface area contributed by atoms with Crippen LogP contribution in [0, 0.1) is 0 Å². The zero-order valence-electron chi connectivity index (χ0n) is 11.6. The fourth-order valence-corrected chi connectivity index (χ4v) is 1.91. The Hall–Kier alpha value is -3.29. The summed E-state index contributed by atoms with van der Waals surface area (Å²) in [6.07, 6.45) is 6.37. The van der Waals surface area contributed by atoms with E-state index in [-0.39, 0.29) is 11.2 Å². The Labute approximate surface area is 124 Å². The molecule has 0 aliphatic rings. The Morgan fingerprint density at radius 3 is 2.73 bits per heavy atom. The maximum atomic E-state index is 11.9. The van der Waals surface area contributed by atoms with Gasteiger partial charge in [-0.3, -0.25) is 25.0 Å². The van der Waals surface area contributed by atoms with Crippen LogP contribution in [0.25, 0.3) is 11.3 Å². The molecule has 0 atom stereocenters. The number of azo groups is 1. The highest BCUT2D eigenvalue weighted by atomic mass is 16.5. The van der Waals surface area contributed by atoms with E-state index in [1.54, 1.807) is 50.1 Å². The van der Waals surface area contributed by atoms with Gasteiger partial charge in [0.2, 0.25) is 0 Å². The van der Waals surface area contributed by atoms with Gasteiger partial charge in [0.25, 0.3) is 5.56 Å². The molecule has 8 nitrogen and oxygen atoms in total. The quantitative estimate of drug-likeness (QED) is 0.721. The molecule has 0 aliphatic heterocycles. The van der Waals surface area contributed by atoms with E-state index < -0.39 is 0 Å². The highest BCUT2D eigenvalue weighted by molar-refractivity contribution is 5.75. The predicted octanol–water partition coefficient (Wildman–Crippen LogP) is 2.58. The van der Waals surface area contributed by atoms with Crippen LogP contribution in [0.1, 0.15) is 0 Å². The number of aromatic amines is 2. The highest BCUT2D eigenvalue weighted by Gasteiger charge is 2.15. The Balaban J connectivity index is 2.05. The molecule has 0 aromatic carbocycles. The molecule has 2 N–H and O–H groups in total. The SMILES string of the molecule is COc1ccncc1-c1[nH][nH]c(=O)c1N=Nc1cccnc1. The fraction of sp³-hybridized carbons (Fsp3) is 0.0714. The Bertz CT molecular complexity index is 853. The van der Waals surface area contributed by atoms with Crippen molar-refractivity contribution in [3.8, 4) is 17.0 Å². The standard InChI is InChI=1S/C14H12N6O2/c1-22-11-4-6-16-8-10(11)12-13(14(21)20-18-12)19-17-9-3-2-5-15-7-9/h2-8H,1H3,(H2,18,20,21). The van der Waals surface area contributed by atoms with E-state index in [9.17, 15) is 4.79 Å². The van der Waals surface area contributed by atoms with Crippen LogP contribution in [-0.4, -0.2) is 27.3 Å². The second kappa shape index (κ2) is 6.00. The maximum absolute atomic E-state index is 11.9. The molecular formula is C14H12N6O2. The number of H-pyrrole nitrogens is 2. The summed E-state index contributed by atoms with van der Waals surface area (Å²) >= 11 is 0. The van der Waals surface area contributed by atoms with Gasteiger partial charge in [0.15, 0.2) is 5.69 Å². The fourth-order valence-electron chi connectivity index (χ4n) is 1.91. The first-order chi connectivity index (χ1) is 10.8. The molecule has 0 fully saturated rings. The van der Waals surface area contributed by atoms with E-state index in [0.717, 1.165) is 0 Å². The van der Waals surface area contributed by atoms with Crippen LogP contribution in [0.15, 0.2) is 58.0 Å². The molecule has 22 heavy (non-hydrogen) atoms. The monoisotopic (exact) mass is 296 g/mol. The highest BCUT2D eigenvalue weighted by Crippen LogP contribution is 2.32. The Morgan fingerprint density at radius 2 is 1.95 bits per heavy atom. The van der Waals surface area contributed by atoms with E-state index in [2.05, 4.69) is 30.4 Å². The molecule has 3 heterocycles. The van der Waals surface area contributed by atoms with E-state index in [0.29, 0.717) is 22.7 Å². The van der Waals surface area contributed by atoms with Gasteiger partial charge in [-0.25, -0.2) is 0 Å². The third-order valence-corrected chi connectivity index (χ3v) is 2.93. The molecule has 0 saturated carbocycles. The molecule has 3 aromatic heterocycles. The van der Waals surface area contributed by atoms with Crippen molar-refractivity contribution in [2.75, 3.05) is 7.11 Å². The first-order valence-electron chi connectivity index (χ1n) is 6.40. The number of nitrogens with zero attached hydrogens (tertiary/aromatic N) is 4. The second-order valence-corrected chi connectivity index (χ2v) is 4.29. The topological polar surface area (TPSA) is 108 Å². The number of hydrogen-bond donors (Lipinski definition) is 2. The van der Waals surface area contributed by atoms with Crippen molar-refractivity contribution in [1.29, 1.82) is 0 Å². The number of methoxy groups -OCH3 is 1. The van der Waals surface area contributed by atoms with Crippen molar-refractivity contribution in [2.45, 2.75) is 0 Å². The Morgan fingerprint density at radius 1 is 1.09 bits per heavy atom. The summed E-state index contributed by atoms with van der Waals surface area (Å²) in [5.74, 6) is 0.572. The lowest BCUT2D eigenvalue weighted by atomic mass is 10.2. The van der Waals surface area contributed by atoms with E-state index in [4.69, 9.17) is 4.74 Å². The molecule has 0 amide bonds. The van der Waals surface area contributed by atoms with Crippen LogP contribution in [0.3, 0.4) is 0 Å². The summed E-state index contributed by atoms with van der Waals surface area (Å²) in [4.78, 5) is 19.9. The van der Waals surface area contributed by atoms with Crippen LogP contribution < -0.4 is 10.3 Å². The summed E-state index contributed by atoms with van der Waals surface area (Å²) in [6, 6.07) is 5.17. The van der Waals surface area contributed by atoms with Crippen LogP contribution >= 0.6 is 0 Å². The average molecular weight is 296 g/mol. The minimum Gasteiger partial charge on any atom is -0.496 e. The van der Waals surface area contributed by atoms with Crippen LogP contribution in [0.5, 0.6) is 5.75 Å². The van der Waals surface area contributed by atoms with Crippen molar-refractivity contribution in [1.82, 2.24) is 20.2 Å². The van der Waals surface area contributed by atoms with Gasteiger partial charge >= 0.3 is 0 Å². The summed E-state index contributed by atoms with van der Waals surface area (Å²) in [5, 5.41) is 13.3. The Kier molecular flexibility index (Phi) is 3.73. The van der Waals surface area contributed by atoms with E-state index in [1.165, 1.54) is 0 Å². The lowest BCUT2D eigenvalue weighted by Crippen LogP contribution is -1.96. The first-order valence-corrected chi connectivity index (χ1v) is 6.40. The van der Waals surface area contributed by atoms with Gasteiger partial charge in [-0.1, -0.05) is 0 Å². The summed E-state index contributed by atoms with van der Waals surface area (Å²) in [7, 11) is 1.54. The third-order valence-electron chi connectivity index (χ3n) is 2.93. The number of aromatic nitrogens is 4. The zero-order chi connectivity index (χ0) is 15.4. The van der Waals surface area contributed by atoms with Crippen molar-refractivity contribution in [2.24, 2.45) is 10.2 Å². The number of ether oxygens (including phenoxy) is 1. The molecule has 0 bridgehead atoms. The lowest BCUT2D eigenvalue weighted by molar-refractivity contribution is 0.416. The summed E-state index contributed by atoms with van der Waals surface area (Å²) in [6.45, 7) is 0. The van der Waals surface area contributed by atoms with Gasteiger partial charge in [-0.05, 0) is 18.2 Å². The van der Waals surface area contributed by atoms with Crippen LogP contribution in [-0.2, 0) is 0 Å². The van der Waals surface area contributed by atoms with Crippen molar-refractivity contribution >= 4 is 11.4 Å². The van der Waals surface area contributed by atoms with Crippen molar-refractivity contribution < 1.29 is 4.74 Å². The molecule has 8 heteroatoms. The number of rotatable bonds is 4. The van der Waals surface area contributed by atoms with Gasteiger partial charge in [0.05, 0.1) is 24.6 Å². The van der Waals surface area contributed by atoms with Gasteiger partial charge in [-0.15, -0.1) is 10.2 Å². The van der Waals surface area contributed by atoms with Crippen LogP contribution in [0.4, 0.5) is 11.4 Å². The van der Waals surface area contributed by atoms with E-state index in [1.807, 2.05) is 0 Å². The maximum Gasteiger partial charge on any atom is 0.292 e. The molecule has 0 unspecified atom stereocenters. The van der Waals surface area contributed by atoms with Crippen molar-refractivity contribution in [3.05, 3.63) is 53.3 Å². The van der Waals surface area contributed by atoms with Crippen LogP contribution in [0.2, 0.25) is 0 Å². The third kappa shape index (κ3) is 2.62. The van der Waals surface area contributed by atoms with Gasteiger partial charge in [0.1, 0.15) is 11.4 Å². The van der Waals surface area contributed by atoms with Gasteiger partial charge in [-0.2, -0.15) is 0 Å². The molecule has 0 saturated heterocycles. The molecule has 3 aromatic rings. The molecule has 0 aliphatic carbocycles. The minimum absolute atomic E-state index is 0.148. The largest absolute Gasteiger partial charge is 0.496 e. The van der Waals surface area contributed by atoms with E-state index >= 15 is 0 Å². The normalized spacial score (nSPS) is 11.0. The van der Waals surface area contributed by atoms with Gasteiger partial charge < -0.3 is 4.74 Å². The lowest BCUT2D eigenvalue weighted by Gasteiger charge is -2.05. The minimum atomic E-state index is -0.381. The average Bonchev–Trinajstić information content (AvgIpc) is 2.94. The second-order valence-electron chi connectivity index (χ2n) is 4.29. The number of hydrogen-bond acceptors (Lipinski definition) is 6. The molecule has 0 spiro atoms. The predicted molar refractivity (Wildman–Crippen MR) is 79.6 cm³/mol. The first kappa shape index (κ1) is 13.7. The molecule has 3 rings (SSSR count). The molecule has 110 valence electrons. The number of nitrogens with one attached hydrogen (secondary N) is 2. The summed E-state index contributed by atoms with van der Waals surface area (Å²) in [5.41, 5.74) is 1.39.